The highest BCUT2D eigenvalue weighted by molar-refractivity contribution is 7.99. The number of benzene rings is 2. The molecule has 0 bridgehead atoms. The summed E-state index contributed by atoms with van der Waals surface area (Å²) in [5.74, 6) is 0.242. The van der Waals surface area contributed by atoms with Crippen LogP contribution in [-0.2, 0) is 4.74 Å². The summed E-state index contributed by atoms with van der Waals surface area (Å²) in [5, 5.41) is 0.347. The first kappa shape index (κ1) is 14.8. The molecule has 0 atom stereocenters. The zero-order valence-corrected chi connectivity index (χ0v) is 12.3. The number of nitrogen functional groups attached to an aromatic ring is 1. The van der Waals surface area contributed by atoms with E-state index in [1.54, 1.807) is 23.9 Å². The van der Waals surface area contributed by atoms with Gasteiger partial charge in [0.2, 0.25) is 0 Å². The van der Waals surface area contributed by atoms with Crippen LogP contribution in [0.3, 0.4) is 0 Å². The molecule has 0 aliphatic carbocycles. The summed E-state index contributed by atoms with van der Waals surface area (Å²) in [7, 11) is 0. The smallest absolute Gasteiger partial charge is 0.339 e. The Labute approximate surface area is 127 Å². The lowest BCUT2D eigenvalue weighted by Crippen LogP contribution is -2.09. The summed E-state index contributed by atoms with van der Waals surface area (Å²) < 4.78 is 5.19. The fraction of sp³-hybridized carbons (Fsp3) is 0.133. The number of esters is 1. The molecule has 104 valence electrons. The lowest BCUT2D eigenvalue weighted by Gasteiger charge is -2.07. The van der Waals surface area contributed by atoms with Crippen LogP contribution in [0.25, 0.3) is 0 Å². The number of nitrogens with two attached hydrogens (primary N) is 1. The van der Waals surface area contributed by atoms with Crippen molar-refractivity contribution in [3.8, 4) is 0 Å². The van der Waals surface area contributed by atoms with Gasteiger partial charge in [-0.3, -0.25) is 0 Å². The second-order valence-corrected chi connectivity index (χ2v) is 5.61. The fourth-order valence-corrected chi connectivity index (χ4v) is 2.53. The molecule has 0 radical (unpaired) electrons. The number of thioether (sulfide) groups is 1. The van der Waals surface area contributed by atoms with Crippen molar-refractivity contribution >= 4 is 35.0 Å². The molecule has 0 aliphatic rings. The molecule has 0 saturated carbocycles. The van der Waals surface area contributed by atoms with Crippen LogP contribution in [0.2, 0.25) is 5.02 Å². The first-order valence-electron chi connectivity index (χ1n) is 6.07. The number of anilines is 1. The topological polar surface area (TPSA) is 52.3 Å². The Bertz CT molecular complexity index is 590. The minimum atomic E-state index is -0.448. The third kappa shape index (κ3) is 4.18. The van der Waals surface area contributed by atoms with E-state index in [1.165, 1.54) is 6.07 Å². The molecular weight excluding hydrogens is 294 g/mol. The maximum Gasteiger partial charge on any atom is 0.339 e. The molecule has 2 aromatic rings. The van der Waals surface area contributed by atoms with Crippen LogP contribution in [0.1, 0.15) is 10.4 Å². The molecule has 5 heteroatoms. The number of halogens is 1. The van der Waals surface area contributed by atoms with Gasteiger partial charge in [-0.1, -0.05) is 29.8 Å². The first-order chi connectivity index (χ1) is 9.66. The van der Waals surface area contributed by atoms with Gasteiger partial charge < -0.3 is 10.5 Å². The molecule has 2 N–H and O–H groups in total. The van der Waals surface area contributed by atoms with E-state index in [2.05, 4.69) is 0 Å². The second kappa shape index (κ2) is 7.22. The lowest BCUT2D eigenvalue weighted by atomic mass is 10.2. The van der Waals surface area contributed by atoms with Crippen LogP contribution in [0.4, 0.5) is 5.69 Å². The number of rotatable bonds is 5. The van der Waals surface area contributed by atoms with Gasteiger partial charge in [0.1, 0.15) is 6.61 Å². The van der Waals surface area contributed by atoms with Gasteiger partial charge in [0, 0.05) is 16.3 Å². The van der Waals surface area contributed by atoms with E-state index in [9.17, 15) is 4.79 Å². The number of carbonyl (C=O) groups is 1. The van der Waals surface area contributed by atoms with Crippen molar-refractivity contribution in [3.63, 3.8) is 0 Å². The molecule has 0 aliphatic heterocycles. The molecule has 2 rings (SSSR count). The Morgan fingerprint density at radius 1 is 1.20 bits per heavy atom. The quantitative estimate of drug-likeness (QED) is 0.394. The molecule has 0 heterocycles. The zero-order valence-electron chi connectivity index (χ0n) is 10.7. The number of ether oxygens (including phenoxy) is 1. The largest absolute Gasteiger partial charge is 0.461 e. The van der Waals surface area contributed by atoms with Crippen LogP contribution >= 0.6 is 23.4 Å². The van der Waals surface area contributed by atoms with Gasteiger partial charge in [0.05, 0.1) is 10.6 Å². The maximum absolute atomic E-state index is 11.9. The van der Waals surface area contributed by atoms with Crippen molar-refractivity contribution in [1.82, 2.24) is 0 Å². The van der Waals surface area contributed by atoms with Gasteiger partial charge in [-0.15, -0.1) is 11.8 Å². The molecule has 20 heavy (non-hydrogen) atoms. The average Bonchev–Trinajstić information content (AvgIpc) is 2.47. The van der Waals surface area contributed by atoms with Gasteiger partial charge >= 0.3 is 5.97 Å². The van der Waals surface area contributed by atoms with Crippen molar-refractivity contribution in [2.24, 2.45) is 0 Å². The molecule has 0 amide bonds. The third-order valence-corrected chi connectivity index (χ3v) is 3.84. The van der Waals surface area contributed by atoms with E-state index in [0.717, 1.165) is 4.90 Å². The number of hydrogen-bond donors (Lipinski definition) is 1. The summed E-state index contributed by atoms with van der Waals surface area (Å²) in [4.78, 5) is 13.0. The maximum atomic E-state index is 11.9. The van der Waals surface area contributed by atoms with Crippen molar-refractivity contribution in [2.45, 2.75) is 4.90 Å². The minimum Gasteiger partial charge on any atom is -0.461 e. The van der Waals surface area contributed by atoms with Crippen molar-refractivity contribution in [3.05, 3.63) is 59.1 Å². The molecule has 0 fully saturated rings. The number of carbonyl (C=O) groups excluding carboxylic acids is 1. The summed E-state index contributed by atoms with van der Waals surface area (Å²) in [6, 6.07) is 14.7. The first-order valence-corrected chi connectivity index (χ1v) is 7.43. The molecule has 0 saturated heterocycles. The van der Waals surface area contributed by atoms with Gasteiger partial charge in [-0.05, 0) is 30.3 Å². The van der Waals surface area contributed by atoms with E-state index in [1.807, 2.05) is 30.3 Å². The molecule has 3 nitrogen and oxygen atoms in total. The Morgan fingerprint density at radius 2 is 1.95 bits per heavy atom. The molecule has 0 aromatic heterocycles. The lowest BCUT2D eigenvalue weighted by molar-refractivity contribution is 0.0530. The van der Waals surface area contributed by atoms with Crippen LogP contribution in [0.5, 0.6) is 0 Å². The van der Waals surface area contributed by atoms with Crippen LogP contribution in [-0.4, -0.2) is 18.3 Å². The molecular formula is C15H14ClNO2S. The number of hydrogen-bond acceptors (Lipinski definition) is 4. The van der Waals surface area contributed by atoms with E-state index >= 15 is 0 Å². The van der Waals surface area contributed by atoms with Crippen molar-refractivity contribution < 1.29 is 9.53 Å². The van der Waals surface area contributed by atoms with E-state index in [-0.39, 0.29) is 0 Å². The fourth-order valence-electron chi connectivity index (χ4n) is 1.59. The van der Waals surface area contributed by atoms with E-state index < -0.39 is 5.97 Å². The summed E-state index contributed by atoms with van der Waals surface area (Å²) in [5.41, 5.74) is 6.41. The normalized spacial score (nSPS) is 10.2. The highest BCUT2D eigenvalue weighted by Gasteiger charge is 2.12. The standard InChI is InChI=1S/C15H14ClNO2S/c16-14-7-6-11(17)10-13(14)15(18)19-8-9-20-12-4-2-1-3-5-12/h1-7,10H,8-9,17H2. The molecule has 0 unspecified atom stereocenters. The van der Waals surface area contributed by atoms with Gasteiger partial charge in [-0.25, -0.2) is 4.79 Å². The molecule has 2 aromatic carbocycles. The van der Waals surface area contributed by atoms with Crippen molar-refractivity contribution in [1.29, 1.82) is 0 Å². The SMILES string of the molecule is Nc1ccc(Cl)c(C(=O)OCCSc2ccccc2)c1. The van der Waals surface area contributed by atoms with Crippen LogP contribution in [0, 0.1) is 0 Å². The predicted octanol–water partition coefficient (Wildman–Crippen LogP) is 3.87. The van der Waals surface area contributed by atoms with Gasteiger partial charge in [0.15, 0.2) is 0 Å². The van der Waals surface area contributed by atoms with Crippen molar-refractivity contribution in [2.75, 3.05) is 18.1 Å². The Kier molecular flexibility index (Phi) is 5.32. The molecule has 0 spiro atoms. The Morgan fingerprint density at radius 3 is 2.70 bits per heavy atom. The third-order valence-electron chi connectivity index (χ3n) is 2.54. The zero-order chi connectivity index (χ0) is 14.4. The summed E-state index contributed by atoms with van der Waals surface area (Å²) >= 11 is 7.57. The minimum absolute atomic E-state index is 0.302. The average molecular weight is 308 g/mol. The van der Waals surface area contributed by atoms with E-state index in [0.29, 0.717) is 28.6 Å². The van der Waals surface area contributed by atoms with Gasteiger partial charge in [-0.2, -0.15) is 0 Å². The summed E-state index contributed by atoms with van der Waals surface area (Å²) in [6.45, 7) is 0.323. The van der Waals surface area contributed by atoms with Gasteiger partial charge in [0.25, 0.3) is 0 Å². The van der Waals surface area contributed by atoms with E-state index in [4.69, 9.17) is 22.1 Å². The van der Waals surface area contributed by atoms with Crippen LogP contribution < -0.4 is 5.73 Å². The predicted molar refractivity (Wildman–Crippen MR) is 83.3 cm³/mol. The monoisotopic (exact) mass is 307 g/mol. The Hall–Kier alpha value is -1.65. The summed E-state index contributed by atoms with van der Waals surface area (Å²) in [6.07, 6.45) is 0. The highest BCUT2D eigenvalue weighted by Crippen LogP contribution is 2.20. The Balaban J connectivity index is 1.82. The van der Waals surface area contributed by atoms with Crippen LogP contribution in [0.15, 0.2) is 53.4 Å². The highest BCUT2D eigenvalue weighted by atomic mass is 35.5. The second-order valence-electron chi connectivity index (χ2n) is 4.04.